The number of methoxy groups -OCH3 is 1. The smallest absolute Gasteiger partial charge is 0.165 e. The van der Waals surface area contributed by atoms with Gasteiger partial charge in [0.25, 0.3) is 0 Å². The molecule has 1 atom stereocenters. The van der Waals surface area contributed by atoms with Crippen LogP contribution in [0.15, 0.2) is 24.5 Å². The van der Waals surface area contributed by atoms with Crippen molar-refractivity contribution in [2.75, 3.05) is 13.7 Å². The minimum Gasteiger partial charge on any atom is -0.494 e. The quantitative estimate of drug-likeness (QED) is 0.876. The van der Waals surface area contributed by atoms with Gasteiger partial charge in [-0.3, -0.25) is 0 Å². The van der Waals surface area contributed by atoms with E-state index in [0.29, 0.717) is 0 Å². The van der Waals surface area contributed by atoms with Gasteiger partial charge in [-0.15, -0.1) is 10.2 Å². The third-order valence-electron chi connectivity index (χ3n) is 3.28. The molecule has 20 heavy (non-hydrogen) atoms. The van der Waals surface area contributed by atoms with Gasteiger partial charge in [0.15, 0.2) is 11.6 Å². The summed E-state index contributed by atoms with van der Waals surface area (Å²) in [7, 11) is 3.39. The molecule has 1 aromatic heterocycles. The van der Waals surface area contributed by atoms with Gasteiger partial charge in [0.05, 0.1) is 7.11 Å². The van der Waals surface area contributed by atoms with E-state index in [2.05, 4.69) is 15.5 Å². The van der Waals surface area contributed by atoms with Crippen LogP contribution in [0.4, 0.5) is 4.39 Å². The first-order valence-electron chi connectivity index (χ1n) is 6.51. The highest BCUT2D eigenvalue weighted by Crippen LogP contribution is 2.22. The summed E-state index contributed by atoms with van der Waals surface area (Å²) in [4.78, 5) is 0. The number of hydrogen-bond donors (Lipinski definition) is 1. The molecule has 0 aliphatic heterocycles. The molecule has 0 saturated carbocycles. The van der Waals surface area contributed by atoms with Crippen molar-refractivity contribution in [2.24, 2.45) is 7.05 Å². The van der Waals surface area contributed by atoms with Crippen molar-refractivity contribution in [3.05, 3.63) is 41.7 Å². The number of ether oxygens (including phenoxy) is 1. The Labute approximate surface area is 117 Å². The summed E-state index contributed by atoms with van der Waals surface area (Å²) in [5.41, 5.74) is 0.987. The monoisotopic (exact) mass is 278 g/mol. The molecular weight excluding hydrogens is 259 g/mol. The van der Waals surface area contributed by atoms with Gasteiger partial charge < -0.3 is 14.6 Å². The van der Waals surface area contributed by atoms with Crippen LogP contribution in [0.2, 0.25) is 0 Å². The molecule has 5 nitrogen and oxygen atoms in total. The van der Waals surface area contributed by atoms with E-state index in [1.807, 2.05) is 18.5 Å². The molecule has 2 rings (SSSR count). The lowest BCUT2D eigenvalue weighted by molar-refractivity contribution is 0.385. The highest BCUT2D eigenvalue weighted by Gasteiger charge is 2.09. The van der Waals surface area contributed by atoms with E-state index < -0.39 is 0 Å². The minimum atomic E-state index is -0.345. The van der Waals surface area contributed by atoms with Crippen LogP contribution in [0.1, 0.15) is 24.4 Å². The largest absolute Gasteiger partial charge is 0.494 e. The predicted molar refractivity (Wildman–Crippen MR) is 74.1 cm³/mol. The topological polar surface area (TPSA) is 52.0 Å². The van der Waals surface area contributed by atoms with Crippen LogP contribution in [-0.2, 0) is 13.5 Å². The lowest BCUT2D eigenvalue weighted by Gasteiger charge is -2.15. The molecule has 0 amide bonds. The average Bonchev–Trinajstić information content (AvgIpc) is 2.85. The highest BCUT2D eigenvalue weighted by atomic mass is 19.1. The first kappa shape index (κ1) is 14.5. The van der Waals surface area contributed by atoms with Crippen molar-refractivity contribution < 1.29 is 9.13 Å². The van der Waals surface area contributed by atoms with Crippen LogP contribution in [0, 0.1) is 5.82 Å². The summed E-state index contributed by atoms with van der Waals surface area (Å²) in [6.45, 7) is 2.80. The number of aryl methyl sites for hydroxylation is 1. The molecule has 0 radical (unpaired) electrons. The lowest BCUT2D eigenvalue weighted by Crippen LogP contribution is -2.22. The average molecular weight is 278 g/mol. The fourth-order valence-corrected chi connectivity index (χ4v) is 2.00. The van der Waals surface area contributed by atoms with Crippen molar-refractivity contribution >= 4 is 0 Å². The first-order valence-corrected chi connectivity index (χ1v) is 6.51. The fraction of sp³-hybridized carbons (Fsp3) is 0.429. The number of nitrogens with zero attached hydrogens (tertiary/aromatic N) is 3. The Hall–Kier alpha value is -1.95. The molecule has 0 aliphatic rings. The Morgan fingerprint density at radius 2 is 2.25 bits per heavy atom. The zero-order chi connectivity index (χ0) is 14.5. The van der Waals surface area contributed by atoms with Crippen molar-refractivity contribution in [3.8, 4) is 5.75 Å². The Kier molecular flexibility index (Phi) is 4.68. The number of nitrogens with one attached hydrogen (secondary N) is 1. The molecule has 0 spiro atoms. The van der Waals surface area contributed by atoms with Gasteiger partial charge in [-0.25, -0.2) is 4.39 Å². The predicted octanol–water partition coefficient (Wildman–Crippen LogP) is 1.86. The van der Waals surface area contributed by atoms with Crippen LogP contribution >= 0.6 is 0 Å². The van der Waals surface area contributed by atoms with E-state index in [9.17, 15) is 4.39 Å². The molecule has 0 aliphatic carbocycles. The molecular formula is C14H19FN4O. The Balaban J connectivity index is 1.91. The summed E-state index contributed by atoms with van der Waals surface area (Å²) in [6, 6.07) is 5.01. The number of rotatable bonds is 6. The molecule has 0 saturated heterocycles. The molecule has 6 heteroatoms. The van der Waals surface area contributed by atoms with E-state index in [0.717, 1.165) is 24.4 Å². The first-order chi connectivity index (χ1) is 9.61. The Morgan fingerprint density at radius 1 is 1.45 bits per heavy atom. The summed E-state index contributed by atoms with van der Waals surface area (Å²) in [5.74, 6) is 0.855. The molecule has 1 aromatic carbocycles. The fourth-order valence-electron chi connectivity index (χ4n) is 2.00. The van der Waals surface area contributed by atoms with Crippen molar-refractivity contribution in [1.29, 1.82) is 0 Å². The van der Waals surface area contributed by atoms with E-state index in [-0.39, 0.29) is 17.6 Å². The Morgan fingerprint density at radius 3 is 2.90 bits per heavy atom. The van der Waals surface area contributed by atoms with Gasteiger partial charge in [-0.1, -0.05) is 6.07 Å². The maximum Gasteiger partial charge on any atom is 0.165 e. The molecule has 1 heterocycles. The second-order valence-corrected chi connectivity index (χ2v) is 4.68. The Bertz CT molecular complexity index is 570. The third-order valence-corrected chi connectivity index (χ3v) is 3.28. The van der Waals surface area contributed by atoms with Gasteiger partial charge in [0.2, 0.25) is 0 Å². The standard InChI is InChI=1S/C14H19FN4O/c1-10(11-4-5-12(15)13(8-11)20-3)16-7-6-14-18-17-9-19(14)2/h4-5,8-10,16H,6-7H2,1-3H3. The molecule has 0 fully saturated rings. The maximum atomic E-state index is 13.4. The third kappa shape index (κ3) is 3.33. The summed E-state index contributed by atoms with van der Waals surface area (Å²) in [6.07, 6.45) is 2.47. The number of benzene rings is 1. The molecule has 1 unspecified atom stereocenters. The summed E-state index contributed by atoms with van der Waals surface area (Å²) >= 11 is 0. The van der Waals surface area contributed by atoms with Gasteiger partial charge in [0.1, 0.15) is 12.2 Å². The molecule has 2 aromatic rings. The van der Waals surface area contributed by atoms with Gasteiger partial charge in [-0.2, -0.15) is 0 Å². The molecule has 108 valence electrons. The van der Waals surface area contributed by atoms with E-state index >= 15 is 0 Å². The summed E-state index contributed by atoms with van der Waals surface area (Å²) < 4.78 is 20.2. The zero-order valence-electron chi connectivity index (χ0n) is 11.9. The van der Waals surface area contributed by atoms with Crippen LogP contribution < -0.4 is 10.1 Å². The molecule has 1 N–H and O–H groups in total. The highest BCUT2D eigenvalue weighted by molar-refractivity contribution is 5.31. The second kappa shape index (κ2) is 6.47. The van der Waals surface area contributed by atoms with Crippen molar-refractivity contribution in [3.63, 3.8) is 0 Å². The van der Waals surface area contributed by atoms with Gasteiger partial charge >= 0.3 is 0 Å². The zero-order valence-corrected chi connectivity index (χ0v) is 11.9. The van der Waals surface area contributed by atoms with Crippen LogP contribution in [0.3, 0.4) is 0 Å². The number of hydrogen-bond acceptors (Lipinski definition) is 4. The molecule has 0 bridgehead atoms. The SMILES string of the molecule is COc1cc(C(C)NCCc2nncn2C)ccc1F. The maximum absolute atomic E-state index is 13.4. The van der Waals surface area contributed by atoms with Gasteiger partial charge in [0, 0.05) is 26.1 Å². The summed E-state index contributed by atoms with van der Waals surface area (Å²) in [5, 5.41) is 11.2. The van der Waals surface area contributed by atoms with Crippen molar-refractivity contribution in [2.45, 2.75) is 19.4 Å². The van der Waals surface area contributed by atoms with Crippen LogP contribution in [0.25, 0.3) is 0 Å². The number of aromatic nitrogens is 3. The lowest BCUT2D eigenvalue weighted by atomic mass is 10.1. The van der Waals surface area contributed by atoms with Gasteiger partial charge in [-0.05, 0) is 24.6 Å². The van der Waals surface area contributed by atoms with E-state index in [4.69, 9.17) is 4.74 Å². The number of halogens is 1. The van der Waals surface area contributed by atoms with Crippen molar-refractivity contribution in [1.82, 2.24) is 20.1 Å². The minimum absolute atomic E-state index is 0.109. The normalized spacial score (nSPS) is 12.4. The van der Waals surface area contributed by atoms with E-state index in [1.54, 1.807) is 18.5 Å². The van der Waals surface area contributed by atoms with E-state index in [1.165, 1.54) is 13.2 Å². The van der Waals surface area contributed by atoms with Crippen LogP contribution in [0.5, 0.6) is 5.75 Å². The second-order valence-electron chi connectivity index (χ2n) is 4.68. The van der Waals surface area contributed by atoms with Crippen LogP contribution in [-0.4, -0.2) is 28.4 Å².